The molecule has 3 unspecified atom stereocenters. The fourth-order valence-electron chi connectivity index (χ4n) is 1.83. The Morgan fingerprint density at radius 1 is 1.64 bits per heavy atom. The molecule has 1 aliphatic carbocycles. The quantitative estimate of drug-likeness (QED) is 0.665. The van der Waals surface area contributed by atoms with Gasteiger partial charge >= 0.3 is 5.97 Å². The first-order valence-corrected chi connectivity index (χ1v) is 4.88. The van der Waals surface area contributed by atoms with Crippen molar-refractivity contribution < 1.29 is 19.4 Å². The molecule has 80 valence electrons. The molecule has 0 bridgehead atoms. The predicted molar refractivity (Wildman–Crippen MR) is 49.6 cm³/mol. The van der Waals surface area contributed by atoms with E-state index in [0.717, 1.165) is 0 Å². The van der Waals surface area contributed by atoms with Gasteiger partial charge in [-0.05, 0) is 19.8 Å². The Labute approximate surface area is 83.2 Å². The zero-order chi connectivity index (χ0) is 10.7. The highest BCUT2D eigenvalue weighted by molar-refractivity contribution is 5.82. The van der Waals surface area contributed by atoms with Crippen LogP contribution in [0.3, 0.4) is 0 Å². The Morgan fingerprint density at radius 3 is 2.86 bits per heavy atom. The number of esters is 1. The van der Waals surface area contributed by atoms with Crippen molar-refractivity contribution in [3.63, 3.8) is 0 Å². The van der Waals surface area contributed by atoms with Crippen molar-refractivity contribution in [1.29, 1.82) is 0 Å². The number of aliphatic hydroxyl groups is 1. The van der Waals surface area contributed by atoms with Crippen LogP contribution in [0.1, 0.15) is 33.1 Å². The number of aliphatic hydroxyl groups excluding tert-OH is 1. The van der Waals surface area contributed by atoms with Crippen LogP contribution >= 0.6 is 0 Å². The normalized spacial score (nSPS) is 29.8. The Kier molecular flexibility index (Phi) is 3.63. The van der Waals surface area contributed by atoms with Gasteiger partial charge in [-0.15, -0.1) is 0 Å². The predicted octanol–water partition coefficient (Wildman–Crippen LogP) is 0.668. The lowest BCUT2D eigenvalue weighted by molar-refractivity contribution is -0.152. The number of ether oxygens (including phenoxy) is 1. The number of rotatable bonds is 2. The van der Waals surface area contributed by atoms with E-state index in [-0.39, 0.29) is 17.7 Å². The zero-order valence-electron chi connectivity index (χ0n) is 8.53. The average Bonchev–Trinajstić information content (AvgIpc) is 2.08. The lowest BCUT2D eigenvalue weighted by Gasteiger charge is -2.28. The van der Waals surface area contributed by atoms with Crippen LogP contribution in [-0.2, 0) is 14.3 Å². The summed E-state index contributed by atoms with van der Waals surface area (Å²) in [6.45, 7) is 3.02. The maximum Gasteiger partial charge on any atom is 0.302 e. The summed E-state index contributed by atoms with van der Waals surface area (Å²) in [5.74, 6) is -0.628. The van der Waals surface area contributed by atoms with Gasteiger partial charge in [0.15, 0.2) is 0 Å². The van der Waals surface area contributed by atoms with Gasteiger partial charge in [0.2, 0.25) is 0 Å². The summed E-state index contributed by atoms with van der Waals surface area (Å²) in [4.78, 5) is 22.1. The largest absolute Gasteiger partial charge is 0.462 e. The molecule has 0 amide bonds. The summed E-state index contributed by atoms with van der Waals surface area (Å²) in [6.07, 6.45) is 0.470. The molecule has 0 spiro atoms. The van der Waals surface area contributed by atoms with Gasteiger partial charge in [-0.25, -0.2) is 0 Å². The molecule has 1 N–H and O–H groups in total. The van der Waals surface area contributed by atoms with E-state index in [4.69, 9.17) is 4.74 Å². The van der Waals surface area contributed by atoms with Gasteiger partial charge < -0.3 is 9.84 Å². The van der Waals surface area contributed by atoms with Gasteiger partial charge in [-0.1, -0.05) is 0 Å². The van der Waals surface area contributed by atoms with Crippen molar-refractivity contribution in [3.8, 4) is 0 Å². The van der Waals surface area contributed by atoms with E-state index in [1.54, 1.807) is 6.92 Å². The molecule has 3 atom stereocenters. The second-order valence-electron chi connectivity index (χ2n) is 3.82. The number of ketones is 1. The van der Waals surface area contributed by atoms with Crippen LogP contribution < -0.4 is 0 Å². The van der Waals surface area contributed by atoms with Crippen LogP contribution in [0.15, 0.2) is 0 Å². The van der Waals surface area contributed by atoms with Crippen LogP contribution in [0.25, 0.3) is 0 Å². The van der Waals surface area contributed by atoms with Crippen molar-refractivity contribution in [3.05, 3.63) is 0 Å². The van der Waals surface area contributed by atoms with E-state index < -0.39 is 12.2 Å². The highest BCUT2D eigenvalue weighted by Gasteiger charge is 2.33. The maximum atomic E-state index is 11.5. The molecule has 1 aliphatic rings. The van der Waals surface area contributed by atoms with Gasteiger partial charge in [0.05, 0.1) is 12.0 Å². The number of hydrogen-bond donors (Lipinski definition) is 1. The van der Waals surface area contributed by atoms with Gasteiger partial charge in [0, 0.05) is 13.3 Å². The highest BCUT2D eigenvalue weighted by Crippen LogP contribution is 2.25. The number of Topliss-reactive ketones (excluding diaryl/α,β-unsaturated/α-hetero) is 1. The molecule has 1 saturated carbocycles. The molecule has 1 rings (SSSR count). The third kappa shape index (κ3) is 2.80. The summed E-state index contributed by atoms with van der Waals surface area (Å²) in [5, 5.41) is 9.39. The van der Waals surface area contributed by atoms with Crippen molar-refractivity contribution in [2.24, 2.45) is 5.92 Å². The lowest BCUT2D eigenvalue weighted by atomic mass is 9.83. The van der Waals surface area contributed by atoms with Gasteiger partial charge in [0.25, 0.3) is 0 Å². The minimum atomic E-state index is -0.435. The fourth-order valence-corrected chi connectivity index (χ4v) is 1.83. The van der Waals surface area contributed by atoms with Crippen molar-refractivity contribution >= 4 is 11.8 Å². The van der Waals surface area contributed by atoms with Crippen molar-refractivity contribution in [1.82, 2.24) is 0 Å². The standard InChI is InChI=1S/C10H16O4/c1-6(14-7(2)11)9-5-8(12)3-4-10(9)13/h6,8-9,12H,3-5H2,1-2H3. The lowest BCUT2D eigenvalue weighted by Crippen LogP contribution is -2.36. The average molecular weight is 200 g/mol. The molecule has 4 nitrogen and oxygen atoms in total. The fraction of sp³-hybridized carbons (Fsp3) is 0.800. The molecule has 0 radical (unpaired) electrons. The van der Waals surface area contributed by atoms with E-state index in [9.17, 15) is 14.7 Å². The number of carbonyl (C=O) groups excluding carboxylic acids is 2. The molecule has 1 fully saturated rings. The summed E-state index contributed by atoms with van der Waals surface area (Å²) in [6, 6.07) is 0. The van der Waals surface area contributed by atoms with Crippen LogP contribution in [0.5, 0.6) is 0 Å². The van der Waals surface area contributed by atoms with Crippen LogP contribution in [0.4, 0.5) is 0 Å². The van der Waals surface area contributed by atoms with E-state index in [1.807, 2.05) is 0 Å². The van der Waals surface area contributed by atoms with Crippen LogP contribution in [0.2, 0.25) is 0 Å². The van der Waals surface area contributed by atoms with E-state index in [0.29, 0.717) is 19.3 Å². The second-order valence-corrected chi connectivity index (χ2v) is 3.82. The Hall–Kier alpha value is -0.900. The molecule has 4 heteroatoms. The summed E-state index contributed by atoms with van der Waals surface area (Å²) in [7, 11) is 0. The van der Waals surface area contributed by atoms with Gasteiger partial charge in [0.1, 0.15) is 11.9 Å². The third-order valence-corrected chi connectivity index (χ3v) is 2.58. The SMILES string of the molecule is CC(=O)OC(C)C1CC(O)CCC1=O. The van der Waals surface area contributed by atoms with Gasteiger partial charge in [-0.3, -0.25) is 9.59 Å². The van der Waals surface area contributed by atoms with E-state index in [1.165, 1.54) is 6.92 Å². The Balaban J connectivity index is 2.55. The summed E-state index contributed by atoms with van der Waals surface area (Å²) < 4.78 is 4.94. The van der Waals surface area contributed by atoms with Gasteiger partial charge in [-0.2, -0.15) is 0 Å². The minimum Gasteiger partial charge on any atom is -0.462 e. The second kappa shape index (κ2) is 4.55. The first-order valence-electron chi connectivity index (χ1n) is 4.88. The maximum absolute atomic E-state index is 11.5. The molecule has 0 aromatic carbocycles. The van der Waals surface area contributed by atoms with E-state index in [2.05, 4.69) is 0 Å². The smallest absolute Gasteiger partial charge is 0.302 e. The van der Waals surface area contributed by atoms with Crippen molar-refractivity contribution in [2.75, 3.05) is 0 Å². The third-order valence-electron chi connectivity index (χ3n) is 2.58. The number of carbonyl (C=O) groups is 2. The molecule has 0 aromatic heterocycles. The zero-order valence-corrected chi connectivity index (χ0v) is 8.53. The Bertz CT molecular complexity index is 236. The molecule has 0 aromatic rings. The molecule has 0 saturated heterocycles. The highest BCUT2D eigenvalue weighted by atomic mass is 16.5. The first-order chi connectivity index (χ1) is 6.50. The van der Waals surface area contributed by atoms with Crippen LogP contribution in [-0.4, -0.2) is 29.1 Å². The molecule has 14 heavy (non-hydrogen) atoms. The minimum absolute atomic E-state index is 0.0871. The molecule has 0 aliphatic heterocycles. The summed E-state index contributed by atoms with van der Waals surface area (Å²) >= 11 is 0. The van der Waals surface area contributed by atoms with E-state index >= 15 is 0 Å². The topological polar surface area (TPSA) is 63.6 Å². The monoisotopic (exact) mass is 200 g/mol. The first kappa shape index (κ1) is 11.2. The number of hydrogen-bond acceptors (Lipinski definition) is 4. The van der Waals surface area contributed by atoms with Crippen LogP contribution in [0, 0.1) is 5.92 Å². The molecular formula is C10H16O4. The Morgan fingerprint density at radius 2 is 2.29 bits per heavy atom. The molecular weight excluding hydrogens is 184 g/mol. The van der Waals surface area contributed by atoms with Crippen molar-refractivity contribution in [2.45, 2.75) is 45.3 Å². The molecule has 0 heterocycles. The summed E-state index contributed by atoms with van der Waals surface area (Å²) in [5.41, 5.74) is 0.